The van der Waals surface area contributed by atoms with Crippen molar-refractivity contribution >= 4 is 68.6 Å². The molecule has 12 heteroatoms. The predicted octanol–water partition coefficient (Wildman–Crippen LogP) is 4.70. The first kappa shape index (κ1) is 22.9. The van der Waals surface area contributed by atoms with Crippen molar-refractivity contribution in [1.29, 1.82) is 5.26 Å². The quantitative estimate of drug-likeness (QED) is 0.304. The molecule has 5 aromatic rings. The van der Waals surface area contributed by atoms with Crippen LogP contribution in [-0.2, 0) is 13.1 Å². The van der Waals surface area contributed by atoms with Crippen molar-refractivity contribution in [2.45, 2.75) is 13.1 Å². The molecule has 0 saturated heterocycles. The van der Waals surface area contributed by atoms with Gasteiger partial charge >= 0.3 is 0 Å². The van der Waals surface area contributed by atoms with Gasteiger partial charge in [-0.05, 0) is 35.9 Å². The highest BCUT2D eigenvalue weighted by molar-refractivity contribution is 6.39. The lowest BCUT2D eigenvalue weighted by atomic mass is 10.1. The molecule has 0 unspecified atom stereocenters. The zero-order valence-corrected chi connectivity index (χ0v) is 20.1. The van der Waals surface area contributed by atoms with Crippen molar-refractivity contribution in [2.75, 3.05) is 5.73 Å². The standard InChI is InChI=1S/C23H15Cl3N8O/c24-14-3-12-5-15(7-29-23(35)18-16(25)1-11(6-27)2-17(18)26)33-19(12)13(4-14)8-34-10-32-20-21(28)30-9-31-22(20)34/h1-5,9-10,33H,7-8H2,(H,29,35)(H2,28,30,31). The van der Waals surface area contributed by atoms with E-state index in [1.165, 1.54) is 18.5 Å². The molecule has 0 spiro atoms. The Balaban J connectivity index is 1.41. The maximum Gasteiger partial charge on any atom is 0.254 e. The van der Waals surface area contributed by atoms with Gasteiger partial charge in [-0.2, -0.15) is 5.26 Å². The van der Waals surface area contributed by atoms with Crippen molar-refractivity contribution in [3.05, 3.63) is 80.4 Å². The van der Waals surface area contributed by atoms with E-state index in [2.05, 4.69) is 25.3 Å². The monoisotopic (exact) mass is 524 g/mol. The number of amides is 1. The molecule has 174 valence electrons. The van der Waals surface area contributed by atoms with Crippen molar-refractivity contribution in [1.82, 2.24) is 29.8 Å². The summed E-state index contributed by atoms with van der Waals surface area (Å²) in [5.74, 6) is -0.145. The summed E-state index contributed by atoms with van der Waals surface area (Å²) >= 11 is 18.7. The molecule has 0 radical (unpaired) electrons. The maximum atomic E-state index is 12.7. The van der Waals surface area contributed by atoms with Crippen molar-refractivity contribution in [2.24, 2.45) is 0 Å². The van der Waals surface area contributed by atoms with Gasteiger partial charge in [-0.1, -0.05) is 34.8 Å². The van der Waals surface area contributed by atoms with Crippen LogP contribution in [-0.4, -0.2) is 30.4 Å². The Morgan fingerprint density at radius 2 is 1.89 bits per heavy atom. The molecule has 35 heavy (non-hydrogen) atoms. The van der Waals surface area contributed by atoms with Crippen LogP contribution < -0.4 is 11.1 Å². The van der Waals surface area contributed by atoms with Gasteiger partial charge in [-0.3, -0.25) is 4.79 Å². The largest absolute Gasteiger partial charge is 0.382 e. The van der Waals surface area contributed by atoms with E-state index < -0.39 is 5.91 Å². The Hall–Kier alpha value is -3.84. The number of nitrogen functional groups attached to an aromatic ring is 1. The number of imidazole rings is 1. The number of hydrogen-bond donors (Lipinski definition) is 3. The minimum absolute atomic E-state index is 0.106. The number of nitrogens with zero attached hydrogens (tertiary/aromatic N) is 5. The average Bonchev–Trinajstić information content (AvgIpc) is 3.42. The fourth-order valence-corrected chi connectivity index (χ4v) is 4.78. The van der Waals surface area contributed by atoms with E-state index >= 15 is 0 Å². The number of H-pyrrole nitrogens is 1. The molecule has 3 aromatic heterocycles. The second-order valence-electron chi connectivity index (χ2n) is 7.74. The number of nitrogens with one attached hydrogen (secondary N) is 2. The Morgan fingerprint density at radius 3 is 2.63 bits per heavy atom. The van der Waals surface area contributed by atoms with E-state index in [0.29, 0.717) is 28.5 Å². The highest BCUT2D eigenvalue weighted by Crippen LogP contribution is 2.28. The first-order chi connectivity index (χ1) is 16.8. The summed E-state index contributed by atoms with van der Waals surface area (Å²) in [5.41, 5.74) is 9.93. The molecular formula is C23H15Cl3N8O. The fourth-order valence-electron chi connectivity index (χ4n) is 3.87. The highest BCUT2D eigenvalue weighted by Gasteiger charge is 2.17. The van der Waals surface area contributed by atoms with Crippen molar-refractivity contribution < 1.29 is 4.79 Å². The first-order valence-electron chi connectivity index (χ1n) is 10.2. The number of carbonyl (C=O) groups excluding carboxylic acids is 1. The summed E-state index contributed by atoms with van der Waals surface area (Å²) in [6.07, 6.45) is 3.04. The Kier molecular flexibility index (Phi) is 5.94. The first-order valence-corrected chi connectivity index (χ1v) is 11.4. The van der Waals surface area contributed by atoms with E-state index in [1.807, 2.05) is 28.8 Å². The number of aromatic nitrogens is 5. The molecular weight excluding hydrogens is 511 g/mol. The number of anilines is 1. The minimum Gasteiger partial charge on any atom is -0.382 e. The lowest BCUT2D eigenvalue weighted by Crippen LogP contribution is -2.23. The smallest absolute Gasteiger partial charge is 0.254 e. The van der Waals surface area contributed by atoms with Crippen LogP contribution in [0.3, 0.4) is 0 Å². The molecule has 2 aromatic carbocycles. The van der Waals surface area contributed by atoms with Crippen molar-refractivity contribution in [3.63, 3.8) is 0 Å². The molecule has 9 nitrogen and oxygen atoms in total. The number of nitrogens with two attached hydrogens (primary N) is 1. The van der Waals surface area contributed by atoms with Gasteiger partial charge in [0.25, 0.3) is 5.91 Å². The molecule has 3 heterocycles. The number of fused-ring (bicyclic) bond motifs is 2. The lowest BCUT2D eigenvalue weighted by Gasteiger charge is -2.08. The third-order valence-electron chi connectivity index (χ3n) is 5.44. The van der Waals surface area contributed by atoms with E-state index in [-0.39, 0.29) is 27.7 Å². The van der Waals surface area contributed by atoms with Gasteiger partial charge in [0, 0.05) is 16.1 Å². The third-order valence-corrected chi connectivity index (χ3v) is 6.25. The molecule has 0 aliphatic rings. The summed E-state index contributed by atoms with van der Waals surface area (Å²) in [4.78, 5) is 28.6. The Labute approximate surface area is 213 Å². The molecule has 5 rings (SSSR count). The zero-order valence-electron chi connectivity index (χ0n) is 17.8. The van der Waals surface area contributed by atoms with E-state index in [9.17, 15) is 4.79 Å². The number of rotatable bonds is 5. The summed E-state index contributed by atoms with van der Waals surface area (Å²) in [7, 11) is 0. The van der Waals surface area contributed by atoms with Gasteiger partial charge in [-0.25, -0.2) is 15.0 Å². The van der Waals surface area contributed by atoms with Crippen molar-refractivity contribution in [3.8, 4) is 6.07 Å². The predicted molar refractivity (Wildman–Crippen MR) is 134 cm³/mol. The Morgan fingerprint density at radius 1 is 1.11 bits per heavy atom. The highest BCUT2D eigenvalue weighted by atomic mass is 35.5. The third kappa shape index (κ3) is 4.35. The van der Waals surface area contributed by atoms with E-state index in [4.69, 9.17) is 45.8 Å². The van der Waals surface area contributed by atoms with Crippen LogP contribution in [0.4, 0.5) is 5.82 Å². The minimum atomic E-state index is -0.455. The zero-order chi connectivity index (χ0) is 24.7. The second kappa shape index (κ2) is 9.07. The second-order valence-corrected chi connectivity index (χ2v) is 8.99. The average molecular weight is 526 g/mol. The molecule has 1 amide bonds. The Bertz CT molecular complexity index is 1640. The van der Waals surface area contributed by atoms with Crippen LogP contribution in [0.25, 0.3) is 22.1 Å². The van der Waals surface area contributed by atoms with Gasteiger partial charge < -0.3 is 20.6 Å². The van der Waals surface area contributed by atoms with E-state index in [0.717, 1.165) is 22.2 Å². The van der Waals surface area contributed by atoms with Gasteiger partial charge in [0.1, 0.15) is 11.8 Å². The molecule has 0 aliphatic heterocycles. The fraction of sp³-hybridized carbons (Fsp3) is 0.0870. The summed E-state index contributed by atoms with van der Waals surface area (Å²) in [5, 5.41) is 13.5. The number of hydrogen-bond acceptors (Lipinski definition) is 6. The number of carbonyl (C=O) groups is 1. The van der Waals surface area contributed by atoms with Crippen LogP contribution in [0.15, 0.2) is 43.0 Å². The van der Waals surface area contributed by atoms with E-state index in [1.54, 1.807) is 6.33 Å². The number of nitriles is 1. The molecule has 0 atom stereocenters. The molecule has 0 fully saturated rings. The molecule has 0 bridgehead atoms. The number of benzene rings is 2. The summed E-state index contributed by atoms with van der Waals surface area (Å²) in [6, 6.07) is 10.3. The van der Waals surface area contributed by atoms with Crippen LogP contribution in [0.1, 0.15) is 27.2 Å². The molecule has 4 N–H and O–H groups in total. The van der Waals surface area contributed by atoms with Gasteiger partial charge in [0.2, 0.25) is 0 Å². The van der Waals surface area contributed by atoms with Crippen LogP contribution >= 0.6 is 34.8 Å². The number of halogens is 3. The maximum absolute atomic E-state index is 12.7. The summed E-state index contributed by atoms with van der Waals surface area (Å²) in [6.45, 7) is 0.627. The molecule has 0 aliphatic carbocycles. The lowest BCUT2D eigenvalue weighted by molar-refractivity contribution is 0.0951. The van der Waals surface area contributed by atoms with Gasteiger partial charge in [0.05, 0.1) is 52.2 Å². The summed E-state index contributed by atoms with van der Waals surface area (Å²) < 4.78 is 1.86. The number of aromatic amines is 1. The SMILES string of the molecule is N#Cc1cc(Cl)c(C(=O)NCc2cc3cc(Cl)cc(Cn4cnc5c(N)ncnc54)c3[nH]2)c(Cl)c1. The van der Waals surface area contributed by atoms with Crippen LogP contribution in [0.2, 0.25) is 15.1 Å². The normalized spacial score (nSPS) is 11.1. The van der Waals surface area contributed by atoms with Gasteiger partial charge in [-0.15, -0.1) is 0 Å². The van der Waals surface area contributed by atoms with Crippen LogP contribution in [0, 0.1) is 11.3 Å². The topological polar surface area (TPSA) is 138 Å². The molecule has 0 saturated carbocycles. The van der Waals surface area contributed by atoms with Gasteiger partial charge in [0.15, 0.2) is 11.5 Å². The van der Waals surface area contributed by atoms with Crippen LogP contribution in [0.5, 0.6) is 0 Å².